The van der Waals surface area contributed by atoms with Gasteiger partial charge in [0, 0.05) is 37.6 Å². The van der Waals surface area contributed by atoms with Gasteiger partial charge in [0.15, 0.2) is 0 Å². The Labute approximate surface area is 171 Å². The first-order chi connectivity index (χ1) is 13.6. The van der Waals surface area contributed by atoms with E-state index in [0.29, 0.717) is 18.0 Å². The number of piperazine rings is 1. The average Bonchev–Trinajstić information content (AvgIpc) is 3.17. The van der Waals surface area contributed by atoms with E-state index in [-0.39, 0.29) is 11.9 Å². The predicted octanol–water partition coefficient (Wildman–Crippen LogP) is 3.27. The van der Waals surface area contributed by atoms with Crippen LogP contribution in [0.4, 0.5) is 0 Å². The summed E-state index contributed by atoms with van der Waals surface area (Å²) in [6, 6.07) is 17.7. The molecule has 1 fully saturated rings. The number of hydrogen-bond donors (Lipinski definition) is 0. The summed E-state index contributed by atoms with van der Waals surface area (Å²) in [6.45, 7) is 4.22. The first-order valence-corrected chi connectivity index (χ1v) is 10.1. The van der Waals surface area contributed by atoms with Gasteiger partial charge in [0.25, 0.3) is 5.91 Å². The lowest BCUT2D eigenvalue weighted by molar-refractivity contribution is -0.134. The van der Waals surface area contributed by atoms with Crippen LogP contribution in [0.2, 0.25) is 5.02 Å². The van der Waals surface area contributed by atoms with Gasteiger partial charge >= 0.3 is 0 Å². The van der Waals surface area contributed by atoms with Gasteiger partial charge in [0.05, 0.1) is 18.3 Å². The third kappa shape index (κ3) is 4.27. The van der Waals surface area contributed by atoms with E-state index in [1.54, 1.807) is 5.01 Å². The van der Waals surface area contributed by atoms with Gasteiger partial charge in [-0.15, -0.1) is 0 Å². The predicted molar refractivity (Wildman–Crippen MR) is 113 cm³/mol. The second-order valence-corrected chi connectivity index (χ2v) is 7.94. The molecule has 1 amide bonds. The zero-order chi connectivity index (χ0) is 19.5. The van der Waals surface area contributed by atoms with Crippen molar-refractivity contribution in [3.63, 3.8) is 0 Å². The Morgan fingerprint density at radius 3 is 2.39 bits per heavy atom. The van der Waals surface area contributed by atoms with Gasteiger partial charge in [-0.25, -0.2) is 5.01 Å². The molecule has 0 radical (unpaired) electrons. The van der Waals surface area contributed by atoms with E-state index in [1.165, 1.54) is 0 Å². The van der Waals surface area contributed by atoms with E-state index >= 15 is 0 Å². The van der Waals surface area contributed by atoms with Crippen molar-refractivity contribution in [1.82, 2.24) is 14.8 Å². The number of halogens is 1. The van der Waals surface area contributed by atoms with Crippen molar-refractivity contribution in [2.45, 2.75) is 12.5 Å². The molecule has 0 aromatic heterocycles. The molecule has 2 aromatic rings. The van der Waals surface area contributed by atoms with E-state index in [0.717, 1.165) is 43.0 Å². The summed E-state index contributed by atoms with van der Waals surface area (Å²) in [4.78, 5) is 17.7. The molecule has 1 atom stereocenters. The van der Waals surface area contributed by atoms with Gasteiger partial charge in [-0.2, -0.15) is 5.10 Å². The number of hydrazone groups is 1. The largest absolute Gasteiger partial charge is 0.304 e. The van der Waals surface area contributed by atoms with Crippen LogP contribution in [0.3, 0.4) is 0 Å². The summed E-state index contributed by atoms with van der Waals surface area (Å²) in [6.07, 6.45) is 0.708. The van der Waals surface area contributed by atoms with Gasteiger partial charge in [0.2, 0.25) is 0 Å². The zero-order valence-corrected chi connectivity index (χ0v) is 16.8. The third-order valence-corrected chi connectivity index (χ3v) is 5.73. The highest BCUT2D eigenvalue weighted by Gasteiger charge is 2.33. The normalized spacial score (nSPS) is 21.0. The molecule has 4 rings (SSSR count). The lowest BCUT2D eigenvalue weighted by Crippen LogP contribution is -2.48. The van der Waals surface area contributed by atoms with E-state index in [1.807, 2.05) is 54.6 Å². The quantitative estimate of drug-likeness (QED) is 0.796. The molecule has 28 heavy (non-hydrogen) atoms. The monoisotopic (exact) mass is 396 g/mol. The van der Waals surface area contributed by atoms with Crippen molar-refractivity contribution in [1.29, 1.82) is 0 Å². The van der Waals surface area contributed by atoms with Crippen LogP contribution >= 0.6 is 11.6 Å². The SMILES string of the molecule is CN1CCN(CC(=O)N2N=C(c3ccccc3)C[C@@H]2c2ccc(Cl)cc2)CC1. The molecule has 0 bridgehead atoms. The Morgan fingerprint density at radius 1 is 1.04 bits per heavy atom. The van der Waals surface area contributed by atoms with Gasteiger partial charge < -0.3 is 4.90 Å². The van der Waals surface area contributed by atoms with Crippen LogP contribution < -0.4 is 0 Å². The fourth-order valence-electron chi connectivity index (χ4n) is 3.76. The molecule has 6 heteroatoms. The lowest BCUT2D eigenvalue weighted by atomic mass is 9.98. The minimum atomic E-state index is -0.0903. The summed E-state index contributed by atoms with van der Waals surface area (Å²) < 4.78 is 0. The molecule has 2 aromatic carbocycles. The van der Waals surface area contributed by atoms with Crippen LogP contribution in [0.25, 0.3) is 0 Å². The smallest absolute Gasteiger partial charge is 0.257 e. The zero-order valence-electron chi connectivity index (χ0n) is 16.1. The lowest BCUT2D eigenvalue weighted by Gasteiger charge is -2.33. The first kappa shape index (κ1) is 19.1. The second kappa shape index (κ2) is 8.43. The number of amides is 1. The Balaban J connectivity index is 1.56. The minimum Gasteiger partial charge on any atom is -0.304 e. The van der Waals surface area contributed by atoms with Crippen LogP contribution in [0.15, 0.2) is 59.7 Å². The van der Waals surface area contributed by atoms with E-state index < -0.39 is 0 Å². The maximum Gasteiger partial charge on any atom is 0.257 e. The Kier molecular flexibility index (Phi) is 5.76. The van der Waals surface area contributed by atoms with Gasteiger partial charge in [-0.3, -0.25) is 9.69 Å². The average molecular weight is 397 g/mol. The molecule has 0 spiro atoms. The van der Waals surface area contributed by atoms with Crippen molar-refractivity contribution in [2.24, 2.45) is 5.10 Å². The number of hydrogen-bond acceptors (Lipinski definition) is 4. The molecule has 146 valence electrons. The van der Waals surface area contributed by atoms with Crippen LogP contribution in [0.5, 0.6) is 0 Å². The van der Waals surface area contributed by atoms with E-state index in [9.17, 15) is 4.79 Å². The third-order valence-electron chi connectivity index (χ3n) is 5.48. The fourth-order valence-corrected chi connectivity index (χ4v) is 3.89. The van der Waals surface area contributed by atoms with Gasteiger partial charge in [-0.1, -0.05) is 54.1 Å². The van der Waals surface area contributed by atoms with Crippen LogP contribution in [0.1, 0.15) is 23.6 Å². The fraction of sp³-hybridized carbons (Fsp3) is 0.364. The molecule has 2 heterocycles. The Bertz CT molecular complexity index is 845. The minimum absolute atomic E-state index is 0.0513. The van der Waals surface area contributed by atoms with Crippen LogP contribution in [-0.4, -0.2) is 66.2 Å². The Morgan fingerprint density at radius 2 is 1.71 bits per heavy atom. The molecular formula is C22H25ClN4O. The highest BCUT2D eigenvalue weighted by Crippen LogP contribution is 2.33. The van der Waals surface area contributed by atoms with Gasteiger partial charge in [-0.05, 0) is 30.3 Å². The number of carbonyl (C=O) groups is 1. The number of rotatable bonds is 4. The molecule has 0 aliphatic carbocycles. The summed E-state index contributed by atoms with van der Waals surface area (Å²) in [5.74, 6) is 0.0513. The highest BCUT2D eigenvalue weighted by molar-refractivity contribution is 6.30. The van der Waals surface area contributed by atoms with Crippen molar-refractivity contribution in [2.75, 3.05) is 39.8 Å². The van der Waals surface area contributed by atoms with Crippen molar-refractivity contribution in [3.05, 3.63) is 70.7 Å². The maximum absolute atomic E-state index is 13.2. The van der Waals surface area contributed by atoms with E-state index in [4.69, 9.17) is 16.7 Å². The summed E-state index contributed by atoms with van der Waals surface area (Å²) >= 11 is 6.06. The van der Waals surface area contributed by atoms with Crippen molar-refractivity contribution in [3.8, 4) is 0 Å². The number of nitrogens with zero attached hydrogens (tertiary/aromatic N) is 4. The van der Waals surface area contributed by atoms with Crippen LogP contribution in [0, 0.1) is 0 Å². The topological polar surface area (TPSA) is 39.1 Å². The number of benzene rings is 2. The van der Waals surface area contributed by atoms with Crippen molar-refractivity contribution >= 4 is 23.2 Å². The number of carbonyl (C=O) groups excluding carboxylic acids is 1. The molecule has 2 aliphatic rings. The van der Waals surface area contributed by atoms with Gasteiger partial charge in [0.1, 0.15) is 0 Å². The molecular weight excluding hydrogens is 372 g/mol. The van der Waals surface area contributed by atoms with E-state index in [2.05, 4.69) is 16.8 Å². The number of likely N-dealkylation sites (N-methyl/N-ethyl adjacent to an activating group) is 1. The summed E-state index contributed by atoms with van der Waals surface area (Å²) in [7, 11) is 2.12. The summed E-state index contributed by atoms with van der Waals surface area (Å²) in [5, 5.41) is 7.13. The first-order valence-electron chi connectivity index (χ1n) is 9.71. The van der Waals surface area contributed by atoms with Crippen LogP contribution in [-0.2, 0) is 4.79 Å². The molecule has 5 nitrogen and oxygen atoms in total. The second-order valence-electron chi connectivity index (χ2n) is 7.50. The standard InChI is InChI=1S/C22H25ClN4O/c1-25-11-13-26(14-12-25)16-22(28)27-21(18-7-9-19(23)10-8-18)15-20(24-27)17-5-3-2-4-6-17/h2-10,21H,11-16H2,1H3/t21-/m1/s1. The summed E-state index contributed by atoms with van der Waals surface area (Å²) in [5.41, 5.74) is 3.08. The Hall–Kier alpha value is -2.21. The maximum atomic E-state index is 13.2. The highest BCUT2D eigenvalue weighted by atomic mass is 35.5. The molecule has 1 saturated heterocycles. The van der Waals surface area contributed by atoms with Crippen molar-refractivity contribution < 1.29 is 4.79 Å². The molecule has 0 N–H and O–H groups in total. The molecule has 0 unspecified atom stereocenters. The molecule has 0 saturated carbocycles. The molecule has 2 aliphatic heterocycles.